The van der Waals surface area contributed by atoms with Gasteiger partial charge in [-0.1, -0.05) is 0 Å². The molecular weight excluding hydrogens is 224 g/mol. The van der Waals surface area contributed by atoms with Crippen LogP contribution >= 0.6 is 0 Å². The van der Waals surface area contributed by atoms with E-state index in [4.69, 9.17) is 9.47 Å². The van der Waals surface area contributed by atoms with Gasteiger partial charge < -0.3 is 25.2 Å². The van der Waals surface area contributed by atoms with Gasteiger partial charge >= 0.3 is 0 Å². The smallest absolute Gasteiger partial charge is 0.222 e. The number of ether oxygens (including phenoxy) is 2. The lowest BCUT2D eigenvalue weighted by molar-refractivity contribution is -0.125. The normalized spacial score (nSPS) is 33.6. The zero-order chi connectivity index (χ0) is 12.1. The summed E-state index contributed by atoms with van der Waals surface area (Å²) in [6.45, 7) is 3.31. The molecule has 2 aliphatic rings. The van der Waals surface area contributed by atoms with Gasteiger partial charge in [-0.25, -0.2) is 0 Å². The van der Waals surface area contributed by atoms with Crippen molar-refractivity contribution >= 4 is 5.91 Å². The minimum atomic E-state index is -0.888. The summed E-state index contributed by atoms with van der Waals surface area (Å²) in [5.41, 5.74) is -0.888. The second-order valence-corrected chi connectivity index (χ2v) is 4.70. The highest BCUT2D eigenvalue weighted by molar-refractivity contribution is 5.76. The van der Waals surface area contributed by atoms with E-state index in [1.807, 2.05) is 0 Å². The maximum Gasteiger partial charge on any atom is 0.222 e. The molecule has 2 fully saturated rings. The van der Waals surface area contributed by atoms with Gasteiger partial charge in [-0.2, -0.15) is 0 Å². The van der Waals surface area contributed by atoms with Crippen LogP contribution in [-0.4, -0.2) is 62.2 Å². The zero-order valence-corrected chi connectivity index (χ0v) is 9.91. The molecule has 2 saturated heterocycles. The second-order valence-electron chi connectivity index (χ2n) is 4.70. The Labute approximate surface area is 101 Å². The number of carbonyl (C=O) groups is 1. The Kier molecular flexibility index (Phi) is 4.33. The number of hydrogen-bond acceptors (Lipinski definition) is 5. The first-order valence-corrected chi connectivity index (χ1v) is 6.07. The maximum absolute atomic E-state index is 11.6. The molecule has 17 heavy (non-hydrogen) atoms. The van der Waals surface area contributed by atoms with E-state index in [0.717, 1.165) is 6.54 Å². The quantitative estimate of drug-likeness (QED) is 0.569. The Morgan fingerprint density at radius 1 is 1.53 bits per heavy atom. The van der Waals surface area contributed by atoms with Gasteiger partial charge in [0.1, 0.15) is 5.60 Å². The van der Waals surface area contributed by atoms with Crippen LogP contribution in [-0.2, 0) is 14.3 Å². The van der Waals surface area contributed by atoms with Crippen LogP contribution in [0.4, 0.5) is 0 Å². The first-order valence-electron chi connectivity index (χ1n) is 6.07. The van der Waals surface area contributed by atoms with Gasteiger partial charge in [-0.15, -0.1) is 0 Å². The third-order valence-electron chi connectivity index (χ3n) is 3.11. The van der Waals surface area contributed by atoms with E-state index in [1.165, 1.54) is 0 Å². The molecule has 6 heteroatoms. The molecule has 3 N–H and O–H groups in total. The fourth-order valence-electron chi connectivity index (χ4n) is 2.03. The summed E-state index contributed by atoms with van der Waals surface area (Å²) >= 11 is 0. The van der Waals surface area contributed by atoms with Crippen molar-refractivity contribution in [1.82, 2.24) is 10.6 Å². The number of aliphatic hydroxyl groups is 1. The van der Waals surface area contributed by atoms with E-state index in [0.29, 0.717) is 39.2 Å². The van der Waals surface area contributed by atoms with E-state index in [2.05, 4.69) is 10.6 Å². The summed E-state index contributed by atoms with van der Waals surface area (Å²) in [5, 5.41) is 15.9. The van der Waals surface area contributed by atoms with Crippen LogP contribution in [0.5, 0.6) is 0 Å². The summed E-state index contributed by atoms with van der Waals surface area (Å²) < 4.78 is 10.5. The lowest BCUT2D eigenvalue weighted by Gasteiger charge is -2.24. The highest BCUT2D eigenvalue weighted by Crippen LogP contribution is 2.16. The summed E-state index contributed by atoms with van der Waals surface area (Å²) in [7, 11) is 0. The molecule has 0 aromatic rings. The van der Waals surface area contributed by atoms with Crippen LogP contribution in [0, 0.1) is 0 Å². The van der Waals surface area contributed by atoms with Gasteiger partial charge in [-0.05, 0) is 0 Å². The number of morpholine rings is 1. The number of rotatable bonds is 4. The highest BCUT2D eigenvalue weighted by atomic mass is 16.5. The molecule has 0 aromatic heterocycles. The Hall–Kier alpha value is -0.690. The Bertz CT molecular complexity index is 260. The van der Waals surface area contributed by atoms with E-state index in [9.17, 15) is 9.90 Å². The van der Waals surface area contributed by atoms with Crippen molar-refractivity contribution in [2.45, 2.75) is 24.5 Å². The van der Waals surface area contributed by atoms with Gasteiger partial charge in [0.15, 0.2) is 0 Å². The molecule has 0 bridgehead atoms. The number of hydrogen-bond donors (Lipinski definition) is 3. The number of carbonyl (C=O) groups excluding carboxylic acids is 1. The molecule has 98 valence electrons. The minimum absolute atomic E-state index is 0.0572. The molecule has 2 rings (SSSR count). The lowest BCUT2D eigenvalue weighted by Crippen LogP contribution is -2.46. The van der Waals surface area contributed by atoms with Crippen molar-refractivity contribution in [3.05, 3.63) is 0 Å². The molecule has 1 amide bonds. The fourth-order valence-corrected chi connectivity index (χ4v) is 2.03. The van der Waals surface area contributed by atoms with Crippen LogP contribution in [0.15, 0.2) is 0 Å². The molecule has 0 aromatic carbocycles. The standard InChI is InChI=1S/C11H20N2O4/c14-10(5-9-6-12-2-4-17-9)13-7-11(15)1-3-16-8-11/h9,12,15H,1-8H2,(H,13,14). The number of amides is 1. The van der Waals surface area contributed by atoms with E-state index in [1.54, 1.807) is 0 Å². The van der Waals surface area contributed by atoms with Gasteiger partial charge in [0.25, 0.3) is 0 Å². The van der Waals surface area contributed by atoms with Crippen LogP contribution in [0.3, 0.4) is 0 Å². The van der Waals surface area contributed by atoms with Crippen molar-refractivity contribution in [1.29, 1.82) is 0 Å². The van der Waals surface area contributed by atoms with Crippen LogP contribution in [0.2, 0.25) is 0 Å². The van der Waals surface area contributed by atoms with E-state index < -0.39 is 5.60 Å². The largest absolute Gasteiger partial charge is 0.386 e. The predicted molar refractivity (Wildman–Crippen MR) is 60.6 cm³/mol. The first kappa shape index (κ1) is 12.8. The summed E-state index contributed by atoms with van der Waals surface area (Å²) in [4.78, 5) is 11.6. The van der Waals surface area contributed by atoms with E-state index in [-0.39, 0.29) is 18.6 Å². The Morgan fingerprint density at radius 3 is 3.06 bits per heavy atom. The maximum atomic E-state index is 11.6. The topological polar surface area (TPSA) is 79.8 Å². The molecular formula is C11H20N2O4. The molecule has 2 unspecified atom stereocenters. The molecule has 2 heterocycles. The highest BCUT2D eigenvalue weighted by Gasteiger charge is 2.32. The monoisotopic (exact) mass is 244 g/mol. The van der Waals surface area contributed by atoms with Crippen molar-refractivity contribution in [2.75, 3.05) is 39.5 Å². The predicted octanol–water partition coefficient (Wildman–Crippen LogP) is -1.37. The molecule has 2 aliphatic heterocycles. The second kappa shape index (κ2) is 5.77. The fraction of sp³-hybridized carbons (Fsp3) is 0.909. The van der Waals surface area contributed by atoms with Gasteiger partial charge in [0.05, 0.1) is 25.7 Å². The van der Waals surface area contributed by atoms with Crippen LogP contribution in [0.25, 0.3) is 0 Å². The molecule has 0 aliphatic carbocycles. The summed E-state index contributed by atoms with van der Waals surface area (Å²) in [6.07, 6.45) is 0.858. The van der Waals surface area contributed by atoms with Gasteiger partial charge in [0.2, 0.25) is 5.91 Å². The third kappa shape index (κ3) is 3.92. The van der Waals surface area contributed by atoms with Crippen molar-refractivity contribution in [3.8, 4) is 0 Å². The molecule has 2 atom stereocenters. The number of nitrogens with one attached hydrogen (secondary N) is 2. The Balaban J connectivity index is 1.66. The molecule has 0 saturated carbocycles. The minimum Gasteiger partial charge on any atom is -0.386 e. The zero-order valence-electron chi connectivity index (χ0n) is 9.91. The van der Waals surface area contributed by atoms with Crippen molar-refractivity contribution in [2.24, 2.45) is 0 Å². The van der Waals surface area contributed by atoms with E-state index >= 15 is 0 Å². The average molecular weight is 244 g/mol. The SMILES string of the molecule is O=C(CC1CNCCO1)NCC1(O)CCOC1. The molecule has 0 spiro atoms. The van der Waals surface area contributed by atoms with Gasteiger partial charge in [0, 0.05) is 32.7 Å². The third-order valence-corrected chi connectivity index (χ3v) is 3.11. The van der Waals surface area contributed by atoms with Crippen LogP contribution < -0.4 is 10.6 Å². The first-order chi connectivity index (χ1) is 8.18. The Morgan fingerprint density at radius 2 is 2.41 bits per heavy atom. The summed E-state index contributed by atoms with van der Waals surface area (Å²) in [5.74, 6) is -0.0842. The summed E-state index contributed by atoms with van der Waals surface area (Å²) in [6, 6.07) is 0. The van der Waals surface area contributed by atoms with Crippen LogP contribution in [0.1, 0.15) is 12.8 Å². The molecule has 6 nitrogen and oxygen atoms in total. The van der Waals surface area contributed by atoms with Gasteiger partial charge in [-0.3, -0.25) is 4.79 Å². The van der Waals surface area contributed by atoms with Crippen molar-refractivity contribution < 1.29 is 19.4 Å². The average Bonchev–Trinajstić information content (AvgIpc) is 2.76. The van der Waals surface area contributed by atoms with Crippen molar-refractivity contribution in [3.63, 3.8) is 0 Å². The lowest BCUT2D eigenvalue weighted by atomic mass is 10.0. The molecule has 0 radical (unpaired) electrons.